The molecule has 1 aromatic rings. The molecule has 162 valence electrons. The van der Waals surface area contributed by atoms with Crippen molar-refractivity contribution in [2.24, 2.45) is 0 Å². The van der Waals surface area contributed by atoms with Gasteiger partial charge in [-0.25, -0.2) is 12.8 Å². The van der Waals surface area contributed by atoms with Crippen molar-refractivity contribution in [3.05, 3.63) is 41.2 Å². The van der Waals surface area contributed by atoms with Gasteiger partial charge in [0, 0.05) is 38.8 Å². The van der Waals surface area contributed by atoms with Gasteiger partial charge in [-0.1, -0.05) is 25.5 Å². The number of hydrogen-bond donors (Lipinski definition) is 1. The van der Waals surface area contributed by atoms with E-state index in [2.05, 4.69) is 30.1 Å². The van der Waals surface area contributed by atoms with Crippen LogP contribution in [-0.2, 0) is 10.0 Å². The molecule has 0 atom stereocenters. The third-order valence-electron chi connectivity index (χ3n) is 5.21. The van der Waals surface area contributed by atoms with E-state index in [0.717, 1.165) is 44.6 Å². The predicted octanol–water partition coefficient (Wildman–Crippen LogP) is 3.02. The number of nitrogens with one attached hydrogen (secondary N) is 1. The van der Waals surface area contributed by atoms with Crippen LogP contribution in [0, 0.1) is 5.82 Å². The van der Waals surface area contributed by atoms with E-state index in [1.54, 1.807) is 13.8 Å². The van der Waals surface area contributed by atoms with E-state index in [9.17, 15) is 17.6 Å². The zero-order chi connectivity index (χ0) is 21.6. The number of amides is 1. The molecular formula is C21H32FN3O3S. The highest BCUT2D eigenvalue weighted by Crippen LogP contribution is 2.20. The standard InChI is InChI=1S/C21H32FN3O3S/c1-5-25(6-2)29(27,28)18-7-8-20(22)19(15-18)21(26)23-17-10-13-24(14-11-17)12-9-16(3)4/h7-9,15,17H,5-6,10-14H2,1-4H3,(H,23,26). The smallest absolute Gasteiger partial charge is 0.254 e. The first-order chi connectivity index (χ1) is 13.7. The van der Waals surface area contributed by atoms with Gasteiger partial charge in [0.25, 0.3) is 5.91 Å². The quantitative estimate of drug-likeness (QED) is 0.650. The minimum absolute atomic E-state index is 0.0482. The molecule has 0 unspecified atom stereocenters. The monoisotopic (exact) mass is 425 g/mol. The Morgan fingerprint density at radius 2 is 1.86 bits per heavy atom. The molecule has 29 heavy (non-hydrogen) atoms. The summed E-state index contributed by atoms with van der Waals surface area (Å²) >= 11 is 0. The van der Waals surface area contributed by atoms with Crippen LogP contribution < -0.4 is 5.32 Å². The molecule has 0 bridgehead atoms. The molecule has 1 N–H and O–H groups in total. The fourth-order valence-corrected chi connectivity index (χ4v) is 4.87. The number of sulfonamides is 1. The molecule has 0 aromatic heterocycles. The van der Waals surface area contributed by atoms with E-state index >= 15 is 0 Å². The number of carbonyl (C=O) groups is 1. The molecule has 1 fully saturated rings. The number of rotatable bonds is 8. The lowest BCUT2D eigenvalue weighted by Gasteiger charge is -2.31. The van der Waals surface area contributed by atoms with Crippen molar-refractivity contribution >= 4 is 15.9 Å². The summed E-state index contributed by atoms with van der Waals surface area (Å²) in [5, 5.41) is 2.87. The second kappa shape index (κ2) is 10.3. The summed E-state index contributed by atoms with van der Waals surface area (Å²) in [6, 6.07) is 3.35. The maximum Gasteiger partial charge on any atom is 0.254 e. The van der Waals surface area contributed by atoms with Gasteiger partial charge in [-0.3, -0.25) is 9.69 Å². The Kier molecular flexibility index (Phi) is 8.36. The largest absolute Gasteiger partial charge is 0.349 e. The first-order valence-electron chi connectivity index (χ1n) is 10.1. The van der Waals surface area contributed by atoms with Gasteiger partial charge < -0.3 is 5.32 Å². The average Bonchev–Trinajstić information content (AvgIpc) is 2.68. The van der Waals surface area contributed by atoms with Gasteiger partial charge in [-0.05, 0) is 44.9 Å². The molecule has 1 saturated heterocycles. The lowest BCUT2D eigenvalue weighted by molar-refractivity contribution is 0.0909. The van der Waals surface area contributed by atoms with E-state index < -0.39 is 21.7 Å². The molecular weight excluding hydrogens is 393 g/mol. The normalized spacial score (nSPS) is 16.1. The molecule has 0 aliphatic carbocycles. The van der Waals surface area contributed by atoms with Crippen molar-refractivity contribution in [1.82, 2.24) is 14.5 Å². The Bertz CT molecular complexity index is 839. The highest BCUT2D eigenvalue weighted by molar-refractivity contribution is 7.89. The first kappa shape index (κ1) is 23.5. The number of allylic oxidation sites excluding steroid dienone is 1. The molecule has 1 aromatic carbocycles. The Morgan fingerprint density at radius 1 is 1.24 bits per heavy atom. The van der Waals surface area contributed by atoms with Gasteiger partial charge in [0.2, 0.25) is 10.0 Å². The van der Waals surface area contributed by atoms with Crippen molar-refractivity contribution in [2.45, 2.75) is 51.5 Å². The van der Waals surface area contributed by atoms with Crippen molar-refractivity contribution < 1.29 is 17.6 Å². The molecule has 0 radical (unpaired) electrons. The van der Waals surface area contributed by atoms with E-state index in [1.807, 2.05) is 0 Å². The van der Waals surface area contributed by atoms with Crippen molar-refractivity contribution in [3.8, 4) is 0 Å². The molecule has 1 amide bonds. The van der Waals surface area contributed by atoms with Gasteiger partial charge in [-0.15, -0.1) is 0 Å². The number of piperidine rings is 1. The summed E-state index contributed by atoms with van der Waals surface area (Å²) in [7, 11) is -3.75. The predicted molar refractivity (Wildman–Crippen MR) is 113 cm³/mol. The van der Waals surface area contributed by atoms with Crippen LogP contribution in [0.2, 0.25) is 0 Å². The SMILES string of the molecule is CCN(CC)S(=O)(=O)c1ccc(F)c(C(=O)NC2CCN(CC=C(C)C)CC2)c1. The zero-order valence-electron chi connectivity index (χ0n) is 17.7. The Labute approximate surface area is 173 Å². The molecule has 2 rings (SSSR count). The summed E-state index contributed by atoms with van der Waals surface area (Å²) in [4.78, 5) is 14.9. The number of likely N-dealkylation sites (tertiary alicyclic amines) is 1. The second-order valence-corrected chi connectivity index (χ2v) is 9.50. The Balaban J connectivity index is 2.07. The third kappa shape index (κ3) is 6.10. The first-order valence-corrected chi connectivity index (χ1v) is 11.6. The molecule has 6 nitrogen and oxygen atoms in total. The number of halogens is 1. The van der Waals surface area contributed by atoms with E-state index in [1.165, 1.54) is 15.9 Å². The Morgan fingerprint density at radius 3 is 2.41 bits per heavy atom. The average molecular weight is 426 g/mol. The lowest BCUT2D eigenvalue weighted by Crippen LogP contribution is -2.44. The summed E-state index contributed by atoms with van der Waals surface area (Å²) in [5.74, 6) is -1.29. The van der Waals surface area contributed by atoms with E-state index in [-0.39, 0.29) is 16.5 Å². The third-order valence-corrected chi connectivity index (χ3v) is 7.25. The summed E-state index contributed by atoms with van der Waals surface area (Å²) in [6.07, 6.45) is 3.74. The number of nitrogens with zero attached hydrogens (tertiary/aromatic N) is 2. The van der Waals surface area contributed by atoms with Gasteiger partial charge in [0.1, 0.15) is 5.82 Å². The highest BCUT2D eigenvalue weighted by atomic mass is 32.2. The van der Waals surface area contributed by atoms with Gasteiger partial charge >= 0.3 is 0 Å². The second-order valence-electron chi connectivity index (χ2n) is 7.56. The van der Waals surface area contributed by atoms with Crippen molar-refractivity contribution in [1.29, 1.82) is 0 Å². The fraction of sp³-hybridized carbons (Fsp3) is 0.571. The molecule has 0 saturated carbocycles. The van der Waals surface area contributed by atoms with E-state index in [4.69, 9.17) is 0 Å². The van der Waals surface area contributed by atoms with Gasteiger partial charge in [-0.2, -0.15) is 4.31 Å². The van der Waals surface area contributed by atoms with Gasteiger partial charge in [0.15, 0.2) is 0 Å². The maximum absolute atomic E-state index is 14.3. The summed E-state index contributed by atoms with van der Waals surface area (Å²) in [5.41, 5.74) is 1.04. The summed E-state index contributed by atoms with van der Waals surface area (Å²) in [6.45, 7) is 10.8. The topological polar surface area (TPSA) is 69.7 Å². The van der Waals surface area contributed by atoms with Crippen LogP contribution in [0.3, 0.4) is 0 Å². The lowest BCUT2D eigenvalue weighted by atomic mass is 10.0. The number of hydrogen-bond acceptors (Lipinski definition) is 4. The molecule has 0 spiro atoms. The fourth-order valence-electron chi connectivity index (χ4n) is 3.39. The molecule has 1 aliphatic rings. The van der Waals surface area contributed by atoms with E-state index in [0.29, 0.717) is 13.1 Å². The van der Waals surface area contributed by atoms with Crippen molar-refractivity contribution in [2.75, 3.05) is 32.7 Å². The van der Waals surface area contributed by atoms with Crippen LogP contribution in [-0.4, -0.2) is 62.3 Å². The Hall–Kier alpha value is -1.77. The van der Waals surface area contributed by atoms with Crippen LogP contribution in [0.15, 0.2) is 34.7 Å². The van der Waals surface area contributed by atoms with Gasteiger partial charge in [0.05, 0.1) is 10.5 Å². The molecule has 1 heterocycles. The van der Waals surface area contributed by atoms with Crippen LogP contribution in [0.25, 0.3) is 0 Å². The minimum atomic E-state index is -3.75. The zero-order valence-corrected chi connectivity index (χ0v) is 18.6. The maximum atomic E-state index is 14.3. The van der Waals surface area contributed by atoms with Crippen LogP contribution in [0.5, 0.6) is 0 Å². The van der Waals surface area contributed by atoms with Crippen molar-refractivity contribution in [3.63, 3.8) is 0 Å². The van der Waals surface area contributed by atoms with Crippen LogP contribution in [0.4, 0.5) is 4.39 Å². The molecule has 1 aliphatic heterocycles. The number of carbonyl (C=O) groups excluding carboxylic acids is 1. The summed E-state index contributed by atoms with van der Waals surface area (Å²) < 4.78 is 40.9. The number of benzene rings is 1. The van der Waals surface area contributed by atoms with Crippen LogP contribution >= 0.6 is 0 Å². The minimum Gasteiger partial charge on any atom is -0.349 e. The highest BCUT2D eigenvalue weighted by Gasteiger charge is 2.26. The van der Waals surface area contributed by atoms with Crippen LogP contribution in [0.1, 0.15) is 50.9 Å². The molecule has 8 heteroatoms.